The second kappa shape index (κ2) is 8.45. The van der Waals surface area contributed by atoms with Crippen LogP contribution in [-0.4, -0.2) is 22.3 Å². The maximum Gasteiger partial charge on any atom is 0.226 e. The first-order valence-electron chi connectivity index (χ1n) is 8.58. The number of rotatable bonds is 7. The number of hydrogen-bond acceptors (Lipinski definition) is 8. The molecule has 28 heavy (non-hydrogen) atoms. The largest absolute Gasteiger partial charge is 0.497 e. The van der Waals surface area contributed by atoms with Gasteiger partial charge in [-0.05, 0) is 48.9 Å². The fourth-order valence-corrected chi connectivity index (χ4v) is 4.19. The summed E-state index contributed by atoms with van der Waals surface area (Å²) in [6.07, 6.45) is 1.68. The predicted molar refractivity (Wildman–Crippen MR) is 112 cm³/mol. The molecule has 0 aliphatic heterocycles. The molecule has 2 aromatic carbocycles. The van der Waals surface area contributed by atoms with Crippen LogP contribution in [-0.2, 0) is 5.75 Å². The average molecular weight is 411 g/mol. The Bertz CT molecular complexity index is 1060. The van der Waals surface area contributed by atoms with Crippen molar-refractivity contribution in [2.24, 2.45) is 0 Å². The predicted octanol–water partition coefficient (Wildman–Crippen LogP) is 5.55. The molecular weight excluding hydrogens is 392 g/mol. The minimum Gasteiger partial charge on any atom is -0.497 e. The van der Waals surface area contributed by atoms with Crippen LogP contribution in [0.3, 0.4) is 0 Å². The standard InChI is InChI=1S/C20H18N4O2S2/c1-13-4-3-5-15(10-13)22-19-23-24-20(28-19)27-12-16-11-26-18(21-16)14-6-8-17(25-2)9-7-14/h3-11H,12H2,1-2H3,(H,22,23). The number of ether oxygens (including phenoxy) is 1. The number of aryl methyl sites for hydroxylation is 1. The minimum atomic E-state index is 0.595. The van der Waals surface area contributed by atoms with E-state index in [1.165, 1.54) is 16.9 Å². The van der Waals surface area contributed by atoms with E-state index >= 15 is 0 Å². The highest BCUT2D eigenvalue weighted by Crippen LogP contribution is 2.30. The van der Waals surface area contributed by atoms with E-state index in [2.05, 4.69) is 39.6 Å². The van der Waals surface area contributed by atoms with Crippen molar-refractivity contribution in [3.8, 4) is 17.2 Å². The first-order chi connectivity index (χ1) is 13.7. The van der Waals surface area contributed by atoms with E-state index in [0.29, 0.717) is 11.6 Å². The van der Waals surface area contributed by atoms with Gasteiger partial charge >= 0.3 is 0 Å². The molecule has 0 atom stereocenters. The Morgan fingerprint density at radius 2 is 2.00 bits per heavy atom. The molecule has 0 amide bonds. The summed E-state index contributed by atoms with van der Waals surface area (Å²) in [6.45, 7) is 2.06. The van der Waals surface area contributed by atoms with E-state index in [-0.39, 0.29) is 0 Å². The van der Waals surface area contributed by atoms with Crippen LogP contribution in [0.4, 0.5) is 10.8 Å². The summed E-state index contributed by atoms with van der Waals surface area (Å²) < 4.78 is 11.6. The first kappa shape index (κ1) is 18.5. The quantitative estimate of drug-likeness (QED) is 0.401. The molecule has 6 nitrogen and oxygen atoms in total. The molecule has 0 aliphatic rings. The zero-order valence-electron chi connectivity index (χ0n) is 15.4. The molecule has 142 valence electrons. The summed E-state index contributed by atoms with van der Waals surface area (Å²) >= 11 is 3.10. The normalized spacial score (nSPS) is 10.8. The zero-order chi connectivity index (χ0) is 19.3. The SMILES string of the molecule is COc1ccc(-c2nc(CSc3nnc(Nc4cccc(C)c4)s3)co2)cc1. The summed E-state index contributed by atoms with van der Waals surface area (Å²) in [4.78, 5) is 4.55. The van der Waals surface area contributed by atoms with Gasteiger partial charge in [0.1, 0.15) is 12.0 Å². The fourth-order valence-electron chi connectivity index (χ4n) is 2.54. The van der Waals surface area contributed by atoms with Crippen molar-refractivity contribution in [2.45, 2.75) is 17.0 Å². The molecule has 8 heteroatoms. The molecule has 0 radical (unpaired) electrons. The van der Waals surface area contributed by atoms with Crippen molar-refractivity contribution >= 4 is 33.9 Å². The topological polar surface area (TPSA) is 73.1 Å². The number of nitrogens with one attached hydrogen (secondary N) is 1. The third-order valence-corrected chi connectivity index (χ3v) is 5.91. The van der Waals surface area contributed by atoms with E-state index in [9.17, 15) is 0 Å². The molecule has 1 N–H and O–H groups in total. The number of thioether (sulfide) groups is 1. The summed E-state index contributed by atoms with van der Waals surface area (Å²) in [5.74, 6) is 2.06. The summed E-state index contributed by atoms with van der Waals surface area (Å²) in [5.41, 5.74) is 3.98. The van der Waals surface area contributed by atoms with E-state index in [4.69, 9.17) is 9.15 Å². The number of benzene rings is 2. The van der Waals surface area contributed by atoms with Gasteiger partial charge in [0, 0.05) is 17.0 Å². The highest BCUT2D eigenvalue weighted by molar-refractivity contribution is 8.00. The van der Waals surface area contributed by atoms with Gasteiger partial charge in [-0.2, -0.15) is 0 Å². The monoisotopic (exact) mass is 410 g/mol. The Morgan fingerprint density at radius 3 is 2.79 bits per heavy atom. The van der Waals surface area contributed by atoms with E-state index < -0.39 is 0 Å². The second-order valence-corrected chi connectivity index (χ2v) is 8.23. The van der Waals surface area contributed by atoms with Gasteiger partial charge in [-0.3, -0.25) is 0 Å². The molecule has 4 aromatic rings. The van der Waals surface area contributed by atoms with Crippen molar-refractivity contribution in [1.29, 1.82) is 0 Å². The summed E-state index contributed by atoms with van der Waals surface area (Å²) in [5, 5.41) is 12.5. The number of aromatic nitrogens is 3. The van der Waals surface area contributed by atoms with Crippen molar-refractivity contribution in [3.05, 3.63) is 66.1 Å². The van der Waals surface area contributed by atoms with Gasteiger partial charge in [-0.1, -0.05) is 35.2 Å². The van der Waals surface area contributed by atoms with Gasteiger partial charge in [0.15, 0.2) is 4.34 Å². The van der Waals surface area contributed by atoms with Crippen molar-refractivity contribution in [1.82, 2.24) is 15.2 Å². The molecule has 4 rings (SSSR count). The van der Waals surface area contributed by atoms with Gasteiger partial charge in [-0.15, -0.1) is 10.2 Å². The smallest absolute Gasteiger partial charge is 0.226 e. The second-order valence-electron chi connectivity index (χ2n) is 6.03. The maximum atomic E-state index is 5.60. The Morgan fingerprint density at radius 1 is 1.14 bits per heavy atom. The molecule has 0 unspecified atom stereocenters. The van der Waals surface area contributed by atoms with Crippen LogP contribution in [0.15, 0.2) is 63.6 Å². The molecule has 2 heterocycles. The number of methoxy groups -OCH3 is 1. The molecule has 0 saturated heterocycles. The van der Waals surface area contributed by atoms with Gasteiger partial charge in [-0.25, -0.2) is 4.98 Å². The third kappa shape index (κ3) is 4.52. The maximum absolute atomic E-state index is 5.60. The fraction of sp³-hybridized carbons (Fsp3) is 0.150. The van der Waals surface area contributed by atoms with Crippen LogP contribution in [0, 0.1) is 6.92 Å². The van der Waals surface area contributed by atoms with Crippen molar-refractivity contribution < 1.29 is 9.15 Å². The van der Waals surface area contributed by atoms with Crippen molar-refractivity contribution in [2.75, 3.05) is 12.4 Å². The minimum absolute atomic E-state index is 0.595. The highest BCUT2D eigenvalue weighted by Gasteiger charge is 2.10. The van der Waals surface area contributed by atoms with Crippen LogP contribution in [0.25, 0.3) is 11.5 Å². The van der Waals surface area contributed by atoms with Crippen LogP contribution >= 0.6 is 23.1 Å². The Kier molecular flexibility index (Phi) is 5.59. The lowest BCUT2D eigenvalue weighted by Crippen LogP contribution is -1.89. The number of oxazole rings is 1. The van der Waals surface area contributed by atoms with Gasteiger partial charge in [0.2, 0.25) is 11.0 Å². The van der Waals surface area contributed by atoms with Crippen LogP contribution < -0.4 is 10.1 Å². The zero-order valence-corrected chi connectivity index (χ0v) is 17.0. The Hall–Kier alpha value is -2.84. The lowest BCUT2D eigenvalue weighted by atomic mass is 10.2. The van der Waals surface area contributed by atoms with E-state index in [1.807, 2.05) is 36.4 Å². The Labute approximate surface area is 171 Å². The molecular formula is C20H18N4O2S2. The van der Waals surface area contributed by atoms with Crippen LogP contribution in [0.1, 0.15) is 11.3 Å². The summed E-state index contributed by atoms with van der Waals surface area (Å²) in [7, 11) is 1.64. The van der Waals surface area contributed by atoms with Crippen LogP contribution in [0.5, 0.6) is 5.75 Å². The Balaban J connectivity index is 1.36. The molecule has 0 spiro atoms. The van der Waals surface area contributed by atoms with E-state index in [1.54, 1.807) is 25.1 Å². The molecule has 2 aromatic heterocycles. The van der Waals surface area contributed by atoms with Crippen LogP contribution in [0.2, 0.25) is 0 Å². The van der Waals surface area contributed by atoms with Crippen molar-refractivity contribution in [3.63, 3.8) is 0 Å². The van der Waals surface area contributed by atoms with Gasteiger partial charge < -0.3 is 14.5 Å². The van der Waals surface area contributed by atoms with E-state index in [0.717, 1.165) is 32.2 Å². The highest BCUT2D eigenvalue weighted by atomic mass is 32.2. The van der Waals surface area contributed by atoms with Gasteiger partial charge in [0.05, 0.1) is 12.8 Å². The molecule has 0 bridgehead atoms. The molecule has 0 saturated carbocycles. The third-order valence-electron chi connectivity index (χ3n) is 3.91. The lowest BCUT2D eigenvalue weighted by molar-refractivity contribution is 0.415. The number of nitrogens with zero attached hydrogens (tertiary/aromatic N) is 3. The molecule has 0 fully saturated rings. The number of anilines is 2. The molecule has 0 aliphatic carbocycles. The van der Waals surface area contributed by atoms with Gasteiger partial charge in [0.25, 0.3) is 0 Å². The number of hydrogen-bond donors (Lipinski definition) is 1. The first-order valence-corrected chi connectivity index (χ1v) is 10.4. The lowest BCUT2D eigenvalue weighted by Gasteiger charge is -2.01. The summed E-state index contributed by atoms with van der Waals surface area (Å²) in [6, 6.07) is 15.8. The average Bonchev–Trinajstić information content (AvgIpc) is 3.36.